The molecular weight excluding hydrogens is 384 g/mol. The van der Waals surface area contributed by atoms with Gasteiger partial charge in [-0.1, -0.05) is 127 Å². The van der Waals surface area contributed by atoms with Crippen molar-refractivity contribution in [2.75, 3.05) is 0 Å². The van der Waals surface area contributed by atoms with Gasteiger partial charge in [0.25, 0.3) is 0 Å². The summed E-state index contributed by atoms with van der Waals surface area (Å²) < 4.78 is 0. The average Bonchev–Trinajstić information content (AvgIpc) is 2.73. The van der Waals surface area contributed by atoms with Gasteiger partial charge in [0.2, 0.25) is 0 Å². The van der Waals surface area contributed by atoms with Gasteiger partial charge in [-0.2, -0.15) is 0 Å². The molecule has 0 radical (unpaired) electrons. The van der Waals surface area contributed by atoms with E-state index in [0.717, 1.165) is 5.57 Å². The molecule has 0 unspecified atom stereocenters. The van der Waals surface area contributed by atoms with Gasteiger partial charge in [0.05, 0.1) is 0 Å². The first kappa shape index (κ1) is 31.6. The maximum absolute atomic E-state index is 3.98. The molecule has 0 N–H and O–H groups in total. The molecule has 0 saturated heterocycles. The Morgan fingerprint density at radius 1 is 0.875 bits per heavy atom. The van der Waals surface area contributed by atoms with Crippen LogP contribution in [0, 0.1) is 13.8 Å². The molecule has 0 aliphatic rings. The third-order valence-corrected chi connectivity index (χ3v) is 5.11. The summed E-state index contributed by atoms with van der Waals surface area (Å²) in [5.41, 5.74) is 10.5. The first-order valence-corrected chi connectivity index (χ1v) is 11.3. The second kappa shape index (κ2) is 15.2. The summed E-state index contributed by atoms with van der Waals surface area (Å²) in [5.74, 6) is 0. The quantitative estimate of drug-likeness (QED) is 0.421. The molecule has 0 aromatic heterocycles. The van der Waals surface area contributed by atoms with Crippen molar-refractivity contribution in [3.8, 4) is 0 Å². The van der Waals surface area contributed by atoms with Gasteiger partial charge >= 0.3 is 0 Å². The van der Waals surface area contributed by atoms with Crippen molar-refractivity contribution in [1.82, 2.24) is 0 Å². The Bertz CT molecular complexity index is 894. The number of hydrogen-bond acceptors (Lipinski definition) is 0. The summed E-state index contributed by atoms with van der Waals surface area (Å²) in [5, 5.41) is 0. The number of hydrogen-bond donors (Lipinski definition) is 0. The summed E-state index contributed by atoms with van der Waals surface area (Å²) in [6, 6.07) is 15.3. The van der Waals surface area contributed by atoms with E-state index in [2.05, 4.69) is 110 Å². The lowest BCUT2D eigenvalue weighted by Gasteiger charge is -2.18. The average molecular weight is 433 g/mol. The molecule has 2 aromatic carbocycles. The van der Waals surface area contributed by atoms with Crippen LogP contribution in [0.3, 0.4) is 0 Å². The summed E-state index contributed by atoms with van der Waals surface area (Å²) in [6.45, 7) is 29.0. The van der Waals surface area contributed by atoms with Crippen molar-refractivity contribution in [2.24, 2.45) is 0 Å². The van der Waals surface area contributed by atoms with Gasteiger partial charge in [-0.3, -0.25) is 0 Å². The molecule has 0 heterocycles. The fourth-order valence-electron chi connectivity index (χ4n) is 2.95. The molecule has 0 saturated carbocycles. The Labute approximate surface area is 200 Å². The van der Waals surface area contributed by atoms with E-state index in [9.17, 15) is 0 Å². The van der Waals surface area contributed by atoms with Crippen LogP contribution in [0.4, 0.5) is 0 Å². The Morgan fingerprint density at radius 3 is 1.81 bits per heavy atom. The summed E-state index contributed by atoms with van der Waals surface area (Å²) >= 11 is 0. The van der Waals surface area contributed by atoms with Gasteiger partial charge in [0.15, 0.2) is 0 Å². The van der Waals surface area contributed by atoms with E-state index in [0.29, 0.717) is 0 Å². The highest BCUT2D eigenvalue weighted by atomic mass is 14.2. The normalized spacial score (nSPS) is 11.2. The first-order valence-electron chi connectivity index (χ1n) is 11.3. The van der Waals surface area contributed by atoms with Crippen molar-refractivity contribution in [3.63, 3.8) is 0 Å². The number of aryl methyl sites for hydroxylation is 2. The van der Waals surface area contributed by atoms with Gasteiger partial charge in [-0.15, -0.1) is 0 Å². The molecule has 0 heteroatoms. The van der Waals surface area contributed by atoms with Gasteiger partial charge in [-0.05, 0) is 73.4 Å². The van der Waals surface area contributed by atoms with Crippen LogP contribution in [0.5, 0.6) is 0 Å². The molecule has 32 heavy (non-hydrogen) atoms. The Morgan fingerprint density at radius 2 is 1.41 bits per heavy atom. The van der Waals surface area contributed by atoms with Crippen LogP contribution in [0.15, 0.2) is 79.4 Å². The second-order valence-corrected chi connectivity index (χ2v) is 8.83. The van der Waals surface area contributed by atoms with Crippen LogP contribution in [-0.2, 0) is 5.41 Å². The second-order valence-electron chi connectivity index (χ2n) is 8.83. The van der Waals surface area contributed by atoms with E-state index in [-0.39, 0.29) is 12.8 Å². The smallest absolute Gasteiger partial charge is 0.0132 e. The fraction of sp³-hybridized carbons (Fsp3) is 0.375. The highest BCUT2D eigenvalue weighted by Crippen LogP contribution is 2.25. The molecule has 0 fully saturated rings. The monoisotopic (exact) mass is 432 g/mol. The minimum Gasteiger partial charge on any atom is -0.0991 e. The third kappa shape index (κ3) is 10.6. The topological polar surface area (TPSA) is 0 Å². The maximum Gasteiger partial charge on any atom is -0.0132 e. The predicted octanol–water partition coefficient (Wildman–Crippen LogP) is 10.5. The molecule has 0 aliphatic heterocycles. The highest BCUT2D eigenvalue weighted by Gasteiger charge is 2.11. The lowest BCUT2D eigenvalue weighted by molar-refractivity contribution is 0.590. The van der Waals surface area contributed by atoms with Crippen LogP contribution in [0.25, 0.3) is 11.1 Å². The van der Waals surface area contributed by atoms with E-state index in [4.69, 9.17) is 0 Å². The first-order chi connectivity index (χ1) is 14.5. The third-order valence-electron chi connectivity index (χ3n) is 5.11. The van der Waals surface area contributed by atoms with Crippen molar-refractivity contribution < 1.29 is 0 Å². The molecule has 0 aliphatic carbocycles. The van der Waals surface area contributed by atoms with Crippen molar-refractivity contribution in [3.05, 3.63) is 107 Å². The minimum atomic E-state index is 0. The number of benzene rings is 2. The van der Waals surface area contributed by atoms with E-state index < -0.39 is 0 Å². The van der Waals surface area contributed by atoms with Crippen LogP contribution < -0.4 is 0 Å². The zero-order valence-corrected chi connectivity index (χ0v) is 21.7. The summed E-state index contributed by atoms with van der Waals surface area (Å²) in [4.78, 5) is 0. The van der Waals surface area contributed by atoms with Gasteiger partial charge in [-0.25, -0.2) is 0 Å². The molecule has 2 aromatic rings. The molecule has 0 bridgehead atoms. The molecule has 0 nitrogen and oxygen atoms in total. The van der Waals surface area contributed by atoms with Crippen molar-refractivity contribution in [2.45, 2.75) is 82.1 Å². The minimum absolute atomic E-state index is 0. The van der Waals surface area contributed by atoms with Gasteiger partial charge < -0.3 is 0 Å². The van der Waals surface area contributed by atoms with Gasteiger partial charge in [0.1, 0.15) is 0 Å². The highest BCUT2D eigenvalue weighted by molar-refractivity contribution is 5.73. The largest absolute Gasteiger partial charge is 0.0991 e. The standard InChI is InChI=1S/C18H22.C11H16.C2H6.CH4/c1-7-8-9-14(4)16(6)18-11-10-17(13(2)3)12-15(18)5;1-9-5-7-10(8-6-9)11(2,3)4;1-2;/h7-12H,1-2H2,3-6H3;5-8H,1-4H3;1-2H3;1H4/b9-8-,16-14+;;;. The molecule has 0 spiro atoms. The van der Waals surface area contributed by atoms with E-state index in [1.54, 1.807) is 6.08 Å². The SMILES string of the molecule is C.C=C/C=C\C(C)=C(/C)c1ccc(C(=C)C)cc1C.CC.Cc1ccc(C(C)(C)C)cc1. The maximum atomic E-state index is 3.98. The number of rotatable bonds is 4. The molecule has 0 atom stereocenters. The van der Waals surface area contributed by atoms with Crippen LogP contribution in [0.2, 0.25) is 0 Å². The summed E-state index contributed by atoms with van der Waals surface area (Å²) in [6.07, 6.45) is 5.86. The molecule has 2 rings (SSSR count). The zero-order valence-electron chi connectivity index (χ0n) is 21.7. The van der Waals surface area contributed by atoms with Gasteiger partial charge in [0, 0.05) is 0 Å². The molecular formula is C32H48. The van der Waals surface area contributed by atoms with E-state index >= 15 is 0 Å². The van der Waals surface area contributed by atoms with Crippen LogP contribution in [-0.4, -0.2) is 0 Å². The lowest BCUT2D eigenvalue weighted by Crippen LogP contribution is -2.10. The zero-order chi connectivity index (χ0) is 24.2. The lowest BCUT2D eigenvalue weighted by atomic mass is 9.87. The predicted molar refractivity (Wildman–Crippen MR) is 151 cm³/mol. The van der Waals surface area contributed by atoms with Crippen molar-refractivity contribution in [1.29, 1.82) is 0 Å². The van der Waals surface area contributed by atoms with E-state index in [1.165, 1.54) is 39.0 Å². The van der Waals surface area contributed by atoms with Crippen LogP contribution in [0.1, 0.15) is 90.6 Å². The van der Waals surface area contributed by atoms with E-state index in [1.807, 2.05) is 26.8 Å². The van der Waals surface area contributed by atoms with Crippen molar-refractivity contribution >= 4 is 11.1 Å². The fourth-order valence-corrected chi connectivity index (χ4v) is 2.95. The van der Waals surface area contributed by atoms with Crippen LogP contribution >= 0.6 is 0 Å². The summed E-state index contributed by atoms with van der Waals surface area (Å²) in [7, 11) is 0. The molecule has 0 amide bonds. The Hall–Kier alpha value is -2.60. The Balaban J connectivity index is 0. The Kier molecular flexibility index (Phi) is 15.0. The number of allylic oxidation sites excluding steroid dienone is 6. The molecule has 176 valence electrons.